The standard InChI is InChI=1S/C20H16F5N3O3S2/c21-16-6-1-13(11-17(16)22)18-12-32-19(26-18)27-7-9-28(10-8-27)33(29,30)15-4-2-14(3-5-15)31-20(23,24)25/h1-6,11-12H,7-10H2. The number of alkyl halides is 3. The number of piperazine rings is 1. The second-order valence-electron chi connectivity index (χ2n) is 7.05. The number of thiazole rings is 1. The number of rotatable bonds is 5. The van der Waals surface area contributed by atoms with Gasteiger partial charge in [0.25, 0.3) is 0 Å². The SMILES string of the molecule is O=S(=O)(c1ccc(OC(F)(F)F)cc1)N1CCN(c2nc(-c3ccc(F)c(F)c3)cs2)CC1. The van der Waals surface area contributed by atoms with E-state index in [-0.39, 0.29) is 18.0 Å². The monoisotopic (exact) mass is 505 g/mol. The first kappa shape index (κ1) is 23.4. The average Bonchev–Trinajstić information content (AvgIpc) is 3.25. The van der Waals surface area contributed by atoms with E-state index in [0.29, 0.717) is 29.5 Å². The fourth-order valence-corrected chi connectivity index (χ4v) is 5.59. The molecule has 0 saturated carbocycles. The van der Waals surface area contributed by atoms with Crippen LogP contribution in [0.3, 0.4) is 0 Å². The molecule has 1 aliphatic heterocycles. The van der Waals surface area contributed by atoms with Gasteiger partial charge in [-0.05, 0) is 42.5 Å². The van der Waals surface area contributed by atoms with Crippen LogP contribution in [0.2, 0.25) is 0 Å². The molecule has 0 bridgehead atoms. The normalized spacial score (nSPS) is 15.6. The highest BCUT2D eigenvalue weighted by Gasteiger charge is 2.32. The summed E-state index contributed by atoms with van der Waals surface area (Å²) in [6.45, 7) is 0.949. The van der Waals surface area contributed by atoms with E-state index >= 15 is 0 Å². The third-order valence-corrected chi connectivity index (χ3v) is 7.73. The molecule has 13 heteroatoms. The Morgan fingerprint density at radius 3 is 2.21 bits per heavy atom. The second-order valence-corrected chi connectivity index (χ2v) is 9.83. The Hall–Kier alpha value is -2.77. The summed E-state index contributed by atoms with van der Waals surface area (Å²) in [6, 6.07) is 7.54. The van der Waals surface area contributed by atoms with Crippen LogP contribution >= 0.6 is 11.3 Å². The highest BCUT2D eigenvalue weighted by molar-refractivity contribution is 7.89. The lowest BCUT2D eigenvalue weighted by atomic mass is 10.2. The molecule has 6 nitrogen and oxygen atoms in total. The topological polar surface area (TPSA) is 62.7 Å². The fraction of sp³-hybridized carbons (Fsp3) is 0.250. The molecular weight excluding hydrogens is 489 g/mol. The first-order chi connectivity index (χ1) is 15.5. The minimum Gasteiger partial charge on any atom is -0.406 e. The number of anilines is 1. The van der Waals surface area contributed by atoms with E-state index < -0.39 is 33.8 Å². The number of sulfonamides is 1. The molecule has 3 aromatic rings. The molecule has 2 heterocycles. The van der Waals surface area contributed by atoms with Gasteiger partial charge in [-0.25, -0.2) is 22.2 Å². The molecule has 33 heavy (non-hydrogen) atoms. The number of aromatic nitrogens is 1. The van der Waals surface area contributed by atoms with Gasteiger partial charge in [-0.15, -0.1) is 24.5 Å². The van der Waals surface area contributed by atoms with Crippen molar-refractivity contribution in [3.8, 4) is 17.0 Å². The lowest BCUT2D eigenvalue weighted by Gasteiger charge is -2.33. The zero-order valence-electron chi connectivity index (χ0n) is 16.7. The molecule has 0 N–H and O–H groups in total. The fourth-order valence-electron chi connectivity index (χ4n) is 3.28. The number of halogens is 5. The van der Waals surface area contributed by atoms with Gasteiger partial charge in [0.2, 0.25) is 10.0 Å². The smallest absolute Gasteiger partial charge is 0.406 e. The number of ether oxygens (including phenoxy) is 1. The minimum atomic E-state index is -4.86. The molecule has 1 saturated heterocycles. The zero-order chi connectivity index (χ0) is 23.8. The van der Waals surface area contributed by atoms with Gasteiger partial charge in [0, 0.05) is 37.1 Å². The molecule has 1 aromatic heterocycles. The number of nitrogens with zero attached hydrogens (tertiary/aromatic N) is 3. The van der Waals surface area contributed by atoms with E-state index in [0.717, 1.165) is 36.4 Å². The molecule has 0 unspecified atom stereocenters. The van der Waals surface area contributed by atoms with Gasteiger partial charge < -0.3 is 9.64 Å². The predicted molar refractivity (Wildman–Crippen MR) is 112 cm³/mol. The molecule has 1 aliphatic rings. The van der Waals surface area contributed by atoms with Gasteiger partial charge in [0.1, 0.15) is 5.75 Å². The van der Waals surface area contributed by atoms with E-state index in [4.69, 9.17) is 0 Å². The van der Waals surface area contributed by atoms with Gasteiger partial charge in [-0.1, -0.05) is 0 Å². The minimum absolute atomic E-state index is 0.139. The molecule has 0 radical (unpaired) electrons. The lowest BCUT2D eigenvalue weighted by Crippen LogP contribution is -2.48. The first-order valence-corrected chi connectivity index (χ1v) is 11.9. The summed E-state index contributed by atoms with van der Waals surface area (Å²) >= 11 is 1.30. The van der Waals surface area contributed by atoms with Crippen LogP contribution in [-0.2, 0) is 10.0 Å². The van der Waals surface area contributed by atoms with Crippen molar-refractivity contribution in [1.29, 1.82) is 0 Å². The highest BCUT2D eigenvalue weighted by atomic mass is 32.2. The Labute approximate surface area is 189 Å². The summed E-state index contributed by atoms with van der Waals surface area (Å²) in [5, 5.41) is 2.32. The maximum Gasteiger partial charge on any atom is 0.573 e. The summed E-state index contributed by atoms with van der Waals surface area (Å²) in [7, 11) is -3.90. The van der Waals surface area contributed by atoms with E-state index in [2.05, 4.69) is 9.72 Å². The molecule has 0 spiro atoms. The molecule has 0 amide bonds. The van der Waals surface area contributed by atoms with Crippen molar-refractivity contribution in [3.63, 3.8) is 0 Å². The Morgan fingerprint density at radius 1 is 0.939 bits per heavy atom. The van der Waals surface area contributed by atoms with E-state index in [1.165, 1.54) is 21.7 Å². The third-order valence-electron chi connectivity index (χ3n) is 4.91. The van der Waals surface area contributed by atoms with E-state index in [1.54, 1.807) is 5.38 Å². The van der Waals surface area contributed by atoms with Gasteiger partial charge in [0.15, 0.2) is 16.8 Å². The Morgan fingerprint density at radius 2 is 1.61 bits per heavy atom. The lowest BCUT2D eigenvalue weighted by molar-refractivity contribution is -0.274. The summed E-state index contributed by atoms with van der Waals surface area (Å²) in [5.41, 5.74) is 0.903. The Kier molecular flexibility index (Phi) is 6.29. The summed E-state index contributed by atoms with van der Waals surface area (Å²) < 4.78 is 94.2. The van der Waals surface area contributed by atoms with Crippen LogP contribution in [0.15, 0.2) is 52.7 Å². The first-order valence-electron chi connectivity index (χ1n) is 9.55. The van der Waals surface area contributed by atoms with Crippen molar-refractivity contribution in [2.45, 2.75) is 11.3 Å². The molecule has 176 valence electrons. The summed E-state index contributed by atoms with van der Waals surface area (Å²) in [6.07, 6.45) is -4.86. The quantitative estimate of drug-likeness (QED) is 0.478. The van der Waals surface area contributed by atoms with Gasteiger partial charge in [0.05, 0.1) is 10.6 Å². The third kappa shape index (κ3) is 5.25. The van der Waals surface area contributed by atoms with Gasteiger partial charge >= 0.3 is 6.36 Å². The van der Waals surface area contributed by atoms with Crippen LogP contribution in [0.5, 0.6) is 5.75 Å². The largest absolute Gasteiger partial charge is 0.573 e. The van der Waals surface area contributed by atoms with Gasteiger partial charge in [-0.2, -0.15) is 4.31 Å². The Balaban J connectivity index is 1.41. The van der Waals surface area contributed by atoms with Crippen LogP contribution in [0.25, 0.3) is 11.3 Å². The molecule has 1 fully saturated rings. The van der Waals surface area contributed by atoms with Crippen molar-refractivity contribution >= 4 is 26.5 Å². The van der Waals surface area contributed by atoms with Gasteiger partial charge in [-0.3, -0.25) is 0 Å². The maximum atomic E-state index is 13.5. The Bertz CT molecular complexity index is 1240. The van der Waals surface area contributed by atoms with Crippen molar-refractivity contribution < 1.29 is 35.1 Å². The number of hydrogen-bond donors (Lipinski definition) is 0. The van der Waals surface area contributed by atoms with Crippen molar-refractivity contribution in [1.82, 2.24) is 9.29 Å². The van der Waals surface area contributed by atoms with Crippen LogP contribution < -0.4 is 9.64 Å². The van der Waals surface area contributed by atoms with Crippen molar-refractivity contribution in [2.24, 2.45) is 0 Å². The molecule has 4 rings (SSSR count). The van der Waals surface area contributed by atoms with Crippen LogP contribution in [-0.4, -0.2) is 50.2 Å². The maximum absolute atomic E-state index is 13.5. The molecule has 0 aliphatic carbocycles. The van der Waals surface area contributed by atoms with Crippen LogP contribution in [0, 0.1) is 11.6 Å². The van der Waals surface area contributed by atoms with Crippen molar-refractivity contribution in [2.75, 3.05) is 31.1 Å². The van der Waals surface area contributed by atoms with Crippen LogP contribution in [0.1, 0.15) is 0 Å². The number of hydrogen-bond acceptors (Lipinski definition) is 6. The van der Waals surface area contributed by atoms with Crippen LogP contribution in [0.4, 0.5) is 27.1 Å². The predicted octanol–water partition coefficient (Wildman–Crippen LogP) is 4.50. The zero-order valence-corrected chi connectivity index (χ0v) is 18.4. The summed E-state index contributed by atoms with van der Waals surface area (Å²) in [5.74, 6) is -2.43. The average molecular weight is 505 g/mol. The van der Waals surface area contributed by atoms with E-state index in [9.17, 15) is 30.4 Å². The van der Waals surface area contributed by atoms with E-state index in [1.807, 2.05) is 4.90 Å². The van der Waals surface area contributed by atoms with Crippen molar-refractivity contribution in [3.05, 3.63) is 59.5 Å². The molecule has 0 atom stereocenters. The molecule has 2 aromatic carbocycles. The number of benzene rings is 2. The second kappa shape index (κ2) is 8.88. The summed E-state index contributed by atoms with van der Waals surface area (Å²) in [4.78, 5) is 6.18. The molecular formula is C20H16F5N3O3S2. The highest BCUT2D eigenvalue weighted by Crippen LogP contribution is 2.30.